The van der Waals surface area contributed by atoms with Gasteiger partial charge < -0.3 is 10.4 Å². The minimum atomic E-state index is -0.635. The molecule has 0 bridgehead atoms. The van der Waals surface area contributed by atoms with Crippen molar-refractivity contribution in [3.63, 3.8) is 0 Å². The van der Waals surface area contributed by atoms with Crippen molar-refractivity contribution in [1.29, 1.82) is 0 Å². The van der Waals surface area contributed by atoms with Crippen LogP contribution in [0.3, 0.4) is 0 Å². The van der Waals surface area contributed by atoms with Gasteiger partial charge in [0, 0.05) is 12.3 Å². The van der Waals surface area contributed by atoms with Crippen LogP contribution in [0.1, 0.15) is 19.8 Å². The number of hydrogen-bond acceptors (Lipinski definition) is 5. The van der Waals surface area contributed by atoms with Crippen molar-refractivity contribution in [2.75, 3.05) is 18.8 Å². The first-order valence-corrected chi connectivity index (χ1v) is 6.84. The molecule has 7 heteroatoms. The molecule has 0 spiro atoms. The lowest BCUT2D eigenvalue weighted by molar-refractivity contribution is 0.0338. The fourth-order valence-electron chi connectivity index (χ4n) is 1.93. The number of thioether (sulfide) groups is 1. The molecule has 2 rings (SSSR count). The number of nitrogens with one attached hydrogen (secondary N) is 2. The van der Waals surface area contributed by atoms with Gasteiger partial charge in [0.05, 0.1) is 5.60 Å². The summed E-state index contributed by atoms with van der Waals surface area (Å²) in [5.74, 6) is 0.582. The Balaban J connectivity index is 1.99. The molecule has 0 saturated carbocycles. The molecule has 1 aromatic rings. The highest BCUT2D eigenvalue weighted by molar-refractivity contribution is 7.99. The van der Waals surface area contributed by atoms with Crippen LogP contribution in [0, 0.1) is 0 Å². The second-order valence-electron chi connectivity index (χ2n) is 4.32. The average Bonchev–Trinajstić information content (AvgIpc) is 2.68. The van der Waals surface area contributed by atoms with Crippen LogP contribution in [0.2, 0.25) is 0 Å². The van der Waals surface area contributed by atoms with Crippen LogP contribution in [-0.4, -0.2) is 44.3 Å². The highest BCUT2D eigenvalue weighted by Crippen LogP contribution is 2.26. The number of aliphatic hydroxyl groups is 1. The van der Waals surface area contributed by atoms with Crippen LogP contribution in [0.25, 0.3) is 0 Å². The van der Waals surface area contributed by atoms with Gasteiger partial charge >= 0.3 is 5.69 Å². The average molecular weight is 258 g/mol. The summed E-state index contributed by atoms with van der Waals surface area (Å²) in [6.07, 6.45) is 1.50. The molecule has 1 aromatic heterocycles. The molecule has 0 radical (unpaired) electrons. The van der Waals surface area contributed by atoms with Crippen molar-refractivity contribution in [1.82, 2.24) is 20.1 Å². The Morgan fingerprint density at radius 1 is 1.53 bits per heavy atom. The molecule has 1 fully saturated rings. The Morgan fingerprint density at radius 2 is 2.24 bits per heavy atom. The summed E-state index contributed by atoms with van der Waals surface area (Å²) in [5.41, 5.74) is -0.823. The second-order valence-corrected chi connectivity index (χ2v) is 5.26. The predicted octanol–water partition coefficient (Wildman–Crippen LogP) is -0.202. The molecule has 96 valence electrons. The molecule has 1 aliphatic heterocycles. The van der Waals surface area contributed by atoms with Crippen molar-refractivity contribution in [3.05, 3.63) is 10.5 Å². The van der Waals surface area contributed by atoms with E-state index >= 15 is 0 Å². The van der Waals surface area contributed by atoms with Crippen molar-refractivity contribution in [2.24, 2.45) is 0 Å². The van der Waals surface area contributed by atoms with Crippen molar-refractivity contribution in [2.45, 2.75) is 37.1 Å². The SMILES string of the molecule is CCn1c(SCC2(O)CCNCC2)n[nH]c1=O. The number of nitrogens with zero attached hydrogens (tertiary/aromatic N) is 2. The van der Waals surface area contributed by atoms with E-state index in [4.69, 9.17) is 0 Å². The first-order chi connectivity index (χ1) is 8.14. The number of hydrogen-bond donors (Lipinski definition) is 3. The van der Waals surface area contributed by atoms with Gasteiger partial charge in [0.2, 0.25) is 0 Å². The van der Waals surface area contributed by atoms with E-state index in [1.54, 1.807) is 4.57 Å². The third kappa shape index (κ3) is 2.91. The van der Waals surface area contributed by atoms with Gasteiger partial charge in [-0.3, -0.25) is 4.57 Å². The van der Waals surface area contributed by atoms with E-state index in [0.29, 0.717) is 17.5 Å². The van der Waals surface area contributed by atoms with Gasteiger partial charge in [-0.15, -0.1) is 5.10 Å². The molecule has 2 heterocycles. The molecule has 17 heavy (non-hydrogen) atoms. The lowest BCUT2D eigenvalue weighted by Gasteiger charge is -2.31. The van der Waals surface area contributed by atoms with Crippen LogP contribution >= 0.6 is 11.8 Å². The molecule has 0 aliphatic carbocycles. The highest BCUT2D eigenvalue weighted by atomic mass is 32.2. The Labute approximate surface area is 104 Å². The normalized spacial score (nSPS) is 19.4. The fourth-order valence-corrected chi connectivity index (χ4v) is 3.09. The Morgan fingerprint density at radius 3 is 2.88 bits per heavy atom. The van der Waals surface area contributed by atoms with Crippen LogP contribution in [-0.2, 0) is 6.54 Å². The van der Waals surface area contributed by atoms with Crippen LogP contribution < -0.4 is 11.0 Å². The first kappa shape index (κ1) is 12.7. The van der Waals surface area contributed by atoms with Crippen molar-refractivity contribution < 1.29 is 5.11 Å². The number of aromatic nitrogens is 3. The highest BCUT2D eigenvalue weighted by Gasteiger charge is 2.29. The predicted molar refractivity (Wildman–Crippen MR) is 66.3 cm³/mol. The third-order valence-corrected chi connectivity index (χ3v) is 4.30. The number of aromatic amines is 1. The number of H-pyrrole nitrogens is 1. The lowest BCUT2D eigenvalue weighted by Crippen LogP contribution is -2.43. The largest absolute Gasteiger partial charge is 0.389 e. The van der Waals surface area contributed by atoms with E-state index in [0.717, 1.165) is 25.9 Å². The molecule has 0 unspecified atom stereocenters. The zero-order valence-corrected chi connectivity index (χ0v) is 10.7. The van der Waals surface area contributed by atoms with Gasteiger partial charge in [-0.05, 0) is 32.9 Å². The van der Waals surface area contributed by atoms with E-state index in [1.807, 2.05) is 6.92 Å². The Hall–Kier alpha value is -0.790. The molecule has 0 atom stereocenters. The lowest BCUT2D eigenvalue weighted by atomic mass is 9.95. The molecule has 3 N–H and O–H groups in total. The zero-order valence-electron chi connectivity index (χ0n) is 9.90. The smallest absolute Gasteiger partial charge is 0.343 e. The molecule has 1 saturated heterocycles. The topological polar surface area (TPSA) is 82.9 Å². The standard InChI is InChI=1S/C10H18N4O2S/c1-2-14-8(15)12-13-9(14)17-7-10(16)3-5-11-6-4-10/h11,16H,2-7H2,1H3,(H,12,15). The van der Waals surface area contributed by atoms with Crippen molar-refractivity contribution in [3.8, 4) is 0 Å². The van der Waals surface area contributed by atoms with Crippen LogP contribution in [0.4, 0.5) is 0 Å². The summed E-state index contributed by atoms with van der Waals surface area (Å²) >= 11 is 1.44. The minimum absolute atomic E-state index is 0.188. The molecular formula is C10H18N4O2S. The Kier molecular flexibility index (Phi) is 3.90. The third-order valence-electron chi connectivity index (χ3n) is 3.04. The van der Waals surface area contributed by atoms with Gasteiger partial charge in [-0.1, -0.05) is 11.8 Å². The maximum absolute atomic E-state index is 11.4. The molecule has 1 aliphatic rings. The van der Waals surface area contributed by atoms with Gasteiger partial charge in [0.25, 0.3) is 0 Å². The monoisotopic (exact) mass is 258 g/mol. The van der Waals surface area contributed by atoms with Crippen molar-refractivity contribution >= 4 is 11.8 Å². The van der Waals surface area contributed by atoms with Gasteiger partial charge in [-0.2, -0.15) is 0 Å². The molecule has 6 nitrogen and oxygen atoms in total. The van der Waals surface area contributed by atoms with E-state index < -0.39 is 5.60 Å². The number of piperidine rings is 1. The zero-order chi connectivity index (χ0) is 12.3. The summed E-state index contributed by atoms with van der Waals surface area (Å²) in [6.45, 7) is 4.19. The fraction of sp³-hybridized carbons (Fsp3) is 0.800. The molecule has 0 aromatic carbocycles. The van der Waals surface area contributed by atoms with E-state index in [1.165, 1.54) is 11.8 Å². The van der Waals surface area contributed by atoms with Gasteiger partial charge in [-0.25, -0.2) is 9.89 Å². The minimum Gasteiger partial charge on any atom is -0.389 e. The molecular weight excluding hydrogens is 240 g/mol. The summed E-state index contributed by atoms with van der Waals surface area (Å²) in [7, 11) is 0. The summed E-state index contributed by atoms with van der Waals surface area (Å²) in [5, 5.41) is 20.6. The van der Waals surface area contributed by atoms with E-state index in [9.17, 15) is 9.90 Å². The molecule has 0 amide bonds. The summed E-state index contributed by atoms with van der Waals surface area (Å²) in [6, 6.07) is 0. The van der Waals surface area contributed by atoms with Gasteiger partial charge in [0.15, 0.2) is 5.16 Å². The van der Waals surface area contributed by atoms with Crippen LogP contribution in [0.15, 0.2) is 9.95 Å². The maximum Gasteiger partial charge on any atom is 0.343 e. The van der Waals surface area contributed by atoms with Crippen LogP contribution in [0.5, 0.6) is 0 Å². The number of rotatable bonds is 4. The first-order valence-electron chi connectivity index (χ1n) is 5.86. The maximum atomic E-state index is 11.4. The summed E-state index contributed by atoms with van der Waals surface area (Å²) < 4.78 is 1.58. The quantitative estimate of drug-likeness (QED) is 0.651. The Bertz CT molecular complexity index is 422. The van der Waals surface area contributed by atoms with E-state index in [-0.39, 0.29) is 5.69 Å². The summed E-state index contributed by atoms with van der Waals surface area (Å²) in [4.78, 5) is 11.4. The van der Waals surface area contributed by atoms with E-state index in [2.05, 4.69) is 15.5 Å². The second kappa shape index (κ2) is 5.24. The van der Waals surface area contributed by atoms with Gasteiger partial charge in [0.1, 0.15) is 0 Å².